The summed E-state index contributed by atoms with van der Waals surface area (Å²) in [7, 11) is -1.48. The third kappa shape index (κ3) is 7.58. The Labute approximate surface area is 112 Å². The molecule has 0 saturated carbocycles. The average molecular weight is 267 g/mol. The highest BCUT2D eigenvalue weighted by atomic mass is 31.1. The van der Waals surface area contributed by atoms with Crippen molar-refractivity contribution < 1.29 is 9.09 Å². The molecule has 3 heteroatoms. The lowest BCUT2D eigenvalue weighted by molar-refractivity contribution is 0.318. The third-order valence-electron chi connectivity index (χ3n) is 2.91. The van der Waals surface area contributed by atoms with Crippen LogP contribution in [-0.2, 0) is 15.7 Å². The van der Waals surface area contributed by atoms with E-state index in [1.54, 1.807) is 0 Å². The van der Waals surface area contributed by atoms with E-state index >= 15 is 0 Å². The smallest absolute Gasteiger partial charge is 0.141 e. The molecule has 0 bridgehead atoms. The molecule has 1 rings (SSSR count). The molecule has 0 fully saturated rings. The van der Waals surface area contributed by atoms with Crippen LogP contribution in [-0.4, -0.2) is 6.16 Å². The summed E-state index contributed by atoms with van der Waals surface area (Å²) < 4.78 is 17.0. The molecule has 0 amide bonds. The Morgan fingerprint density at radius 2 is 1.67 bits per heavy atom. The Morgan fingerprint density at radius 1 is 1.00 bits per heavy atom. The van der Waals surface area contributed by atoms with Crippen molar-refractivity contribution in [1.29, 1.82) is 0 Å². The summed E-state index contributed by atoms with van der Waals surface area (Å²) in [5.74, 6) is 0. The van der Waals surface area contributed by atoms with Crippen molar-refractivity contribution in [2.24, 2.45) is 0 Å². The molecule has 100 valence electrons. The lowest BCUT2D eigenvalue weighted by Crippen LogP contribution is -1.88. The predicted octanol–water partition coefficient (Wildman–Crippen LogP) is 5.31. The Morgan fingerprint density at radius 3 is 2.39 bits per heavy atom. The van der Waals surface area contributed by atoms with E-state index in [0.717, 1.165) is 12.0 Å². The van der Waals surface area contributed by atoms with Crippen molar-refractivity contribution in [1.82, 2.24) is 0 Å². The van der Waals surface area contributed by atoms with Crippen molar-refractivity contribution in [3.8, 4) is 0 Å². The van der Waals surface area contributed by atoms with E-state index in [4.69, 9.17) is 4.52 Å². The molecule has 1 atom stereocenters. The third-order valence-corrected chi connectivity index (χ3v) is 4.01. The van der Waals surface area contributed by atoms with E-state index < -0.39 is 8.03 Å². The van der Waals surface area contributed by atoms with Crippen molar-refractivity contribution in [2.45, 2.75) is 52.1 Å². The van der Waals surface area contributed by atoms with E-state index in [-0.39, 0.29) is 0 Å². The first kappa shape index (κ1) is 15.3. The van der Waals surface area contributed by atoms with Gasteiger partial charge in [-0.15, -0.1) is 4.52 Å². The molecule has 0 aliphatic carbocycles. The minimum absolute atomic E-state index is 0.464. The van der Waals surface area contributed by atoms with Crippen molar-refractivity contribution in [3.63, 3.8) is 0 Å². The molecule has 1 aromatic rings. The van der Waals surface area contributed by atoms with Crippen LogP contribution in [0.4, 0.5) is 0 Å². The van der Waals surface area contributed by atoms with Gasteiger partial charge in [0.25, 0.3) is 0 Å². The first-order chi connectivity index (χ1) is 8.83. The van der Waals surface area contributed by atoms with Crippen LogP contribution in [0.5, 0.6) is 0 Å². The summed E-state index contributed by atoms with van der Waals surface area (Å²) in [5.41, 5.74) is 1.09. The fraction of sp³-hybridized carbons (Fsp3) is 0.600. The second-order valence-electron chi connectivity index (χ2n) is 4.58. The lowest BCUT2D eigenvalue weighted by Gasteiger charge is -1.96. The molecule has 0 radical (unpaired) electrons. The van der Waals surface area contributed by atoms with Gasteiger partial charge in [-0.2, -0.15) is 0 Å². The van der Waals surface area contributed by atoms with Crippen LogP contribution in [0.25, 0.3) is 0 Å². The van der Waals surface area contributed by atoms with Crippen LogP contribution < -0.4 is 0 Å². The number of benzene rings is 1. The summed E-state index contributed by atoms with van der Waals surface area (Å²) in [6.45, 7) is 2.68. The van der Waals surface area contributed by atoms with Crippen LogP contribution in [0.2, 0.25) is 0 Å². The van der Waals surface area contributed by atoms with Gasteiger partial charge in [0.15, 0.2) is 6.16 Å². The number of unbranched alkanes of at least 4 members (excludes halogenated alkanes) is 5. The lowest BCUT2D eigenvalue weighted by atomic mass is 10.1. The molecule has 1 aromatic carbocycles. The first-order valence-electron chi connectivity index (χ1n) is 6.94. The molecule has 18 heavy (non-hydrogen) atoms. The Kier molecular flexibility index (Phi) is 8.71. The minimum Gasteiger partial charge on any atom is -0.141 e. The second-order valence-corrected chi connectivity index (χ2v) is 5.95. The van der Waals surface area contributed by atoms with E-state index in [2.05, 4.69) is 6.92 Å². The molecule has 1 unspecified atom stereocenters. The Hall–Kier alpha value is -0.720. The standard InChI is InChI=1S/C15H24O2P/c1-2-3-4-5-6-10-13-18(16)17-14-15-11-8-7-9-12-15/h7-9,11-12H,2-6,10,13-14H2,1H3/q+1. The normalized spacial score (nSPS) is 11.5. The van der Waals surface area contributed by atoms with Crippen LogP contribution in [0.15, 0.2) is 30.3 Å². The fourth-order valence-corrected chi connectivity index (χ4v) is 2.71. The Bertz CT molecular complexity index is 325. The first-order valence-corrected chi connectivity index (χ1v) is 8.30. The fourth-order valence-electron chi connectivity index (χ4n) is 1.81. The van der Waals surface area contributed by atoms with Crippen molar-refractivity contribution in [3.05, 3.63) is 35.9 Å². The predicted molar refractivity (Wildman–Crippen MR) is 77.1 cm³/mol. The molecule has 0 aliphatic rings. The molecule has 2 nitrogen and oxygen atoms in total. The van der Waals surface area contributed by atoms with Crippen LogP contribution in [0.3, 0.4) is 0 Å². The van der Waals surface area contributed by atoms with Crippen LogP contribution >= 0.6 is 8.03 Å². The summed E-state index contributed by atoms with van der Waals surface area (Å²) >= 11 is 0. The van der Waals surface area contributed by atoms with E-state index in [0.29, 0.717) is 12.8 Å². The zero-order valence-electron chi connectivity index (χ0n) is 11.3. The molecule has 0 saturated heterocycles. The van der Waals surface area contributed by atoms with Gasteiger partial charge in [-0.25, -0.2) is 0 Å². The van der Waals surface area contributed by atoms with Gasteiger partial charge in [-0.1, -0.05) is 62.9 Å². The number of rotatable bonds is 10. The molecule has 0 heterocycles. The summed E-state index contributed by atoms with van der Waals surface area (Å²) in [6, 6.07) is 9.90. The van der Waals surface area contributed by atoms with Crippen molar-refractivity contribution >= 4 is 8.03 Å². The van der Waals surface area contributed by atoms with Crippen LogP contribution in [0, 0.1) is 0 Å². The minimum atomic E-state index is -1.48. The van der Waals surface area contributed by atoms with Crippen LogP contribution in [0.1, 0.15) is 51.0 Å². The SMILES string of the molecule is CCCCCCCC[P+](=O)OCc1ccccc1. The van der Waals surface area contributed by atoms with Gasteiger partial charge in [0.05, 0.1) is 0 Å². The molecule has 0 N–H and O–H groups in total. The highest BCUT2D eigenvalue weighted by molar-refractivity contribution is 7.39. The number of hydrogen-bond donors (Lipinski definition) is 0. The molecule has 0 aliphatic heterocycles. The maximum absolute atomic E-state index is 11.6. The average Bonchev–Trinajstić information content (AvgIpc) is 2.41. The van der Waals surface area contributed by atoms with E-state index in [1.807, 2.05) is 30.3 Å². The van der Waals surface area contributed by atoms with Gasteiger partial charge in [0.2, 0.25) is 0 Å². The zero-order chi connectivity index (χ0) is 13.1. The van der Waals surface area contributed by atoms with Crippen molar-refractivity contribution in [2.75, 3.05) is 6.16 Å². The van der Waals surface area contributed by atoms with Gasteiger partial charge in [-0.3, -0.25) is 0 Å². The van der Waals surface area contributed by atoms with Gasteiger partial charge in [0, 0.05) is 0 Å². The zero-order valence-corrected chi connectivity index (χ0v) is 12.2. The van der Waals surface area contributed by atoms with Gasteiger partial charge in [0.1, 0.15) is 6.61 Å². The quantitative estimate of drug-likeness (QED) is 0.424. The molecular formula is C15H24O2P+. The van der Waals surface area contributed by atoms with E-state index in [1.165, 1.54) is 32.1 Å². The molecular weight excluding hydrogens is 243 g/mol. The highest BCUT2D eigenvalue weighted by Gasteiger charge is 2.16. The molecule has 0 spiro atoms. The monoisotopic (exact) mass is 267 g/mol. The second kappa shape index (κ2) is 10.2. The maximum Gasteiger partial charge on any atom is 0.508 e. The number of hydrogen-bond acceptors (Lipinski definition) is 2. The maximum atomic E-state index is 11.6. The molecule has 0 aromatic heterocycles. The Balaban J connectivity index is 2.01. The highest BCUT2D eigenvalue weighted by Crippen LogP contribution is 2.26. The largest absolute Gasteiger partial charge is 0.508 e. The summed E-state index contributed by atoms with van der Waals surface area (Å²) in [6.07, 6.45) is 8.05. The van der Waals surface area contributed by atoms with Gasteiger partial charge < -0.3 is 0 Å². The van der Waals surface area contributed by atoms with E-state index in [9.17, 15) is 4.57 Å². The summed E-state index contributed by atoms with van der Waals surface area (Å²) in [5, 5.41) is 0. The van der Waals surface area contributed by atoms with Gasteiger partial charge in [-0.05, 0) is 23.0 Å². The summed E-state index contributed by atoms with van der Waals surface area (Å²) in [4.78, 5) is 0. The topological polar surface area (TPSA) is 26.3 Å². The van der Waals surface area contributed by atoms with Gasteiger partial charge >= 0.3 is 8.03 Å².